The van der Waals surface area contributed by atoms with Gasteiger partial charge in [-0.25, -0.2) is 0 Å². The van der Waals surface area contributed by atoms with Gasteiger partial charge >= 0.3 is 0 Å². The van der Waals surface area contributed by atoms with Gasteiger partial charge in [-0.3, -0.25) is 14.6 Å². The summed E-state index contributed by atoms with van der Waals surface area (Å²) in [5.74, 6) is 1.20. The number of carbonyl (C=O) groups excluding carboxylic acids is 1. The molecule has 0 aliphatic carbocycles. The predicted molar refractivity (Wildman–Crippen MR) is 132 cm³/mol. The van der Waals surface area contributed by atoms with Gasteiger partial charge in [0, 0.05) is 65.4 Å². The monoisotopic (exact) mass is 450 g/mol. The topological polar surface area (TPSA) is 39.3 Å². The maximum Gasteiger partial charge on any atom is 0.239 e. The number of benzene rings is 2. The number of piperazine rings is 2. The highest BCUT2D eigenvalue weighted by molar-refractivity contribution is 5.81. The number of methoxy groups -OCH3 is 1. The van der Waals surface area contributed by atoms with Gasteiger partial charge < -0.3 is 14.5 Å². The summed E-state index contributed by atoms with van der Waals surface area (Å²) < 4.78 is 5.24. The normalized spacial score (nSPS) is 19.4. The molecule has 6 nitrogen and oxygen atoms in total. The van der Waals surface area contributed by atoms with Crippen LogP contribution in [0.2, 0.25) is 0 Å². The Bertz CT molecular complexity index is 857. The van der Waals surface area contributed by atoms with Crippen molar-refractivity contribution in [1.82, 2.24) is 19.6 Å². The Kier molecular flexibility index (Phi) is 8.37. The number of rotatable bonds is 8. The van der Waals surface area contributed by atoms with E-state index in [1.807, 2.05) is 12.1 Å². The number of nitrogens with zero attached hydrogens (tertiary/aromatic N) is 4. The summed E-state index contributed by atoms with van der Waals surface area (Å²) in [6.07, 6.45) is 1.05. The third kappa shape index (κ3) is 6.56. The second-order valence-corrected chi connectivity index (χ2v) is 9.24. The summed E-state index contributed by atoms with van der Waals surface area (Å²) in [5.41, 5.74) is 2.68. The zero-order valence-corrected chi connectivity index (χ0v) is 20.2. The lowest BCUT2D eigenvalue weighted by Crippen LogP contribution is -2.57. The van der Waals surface area contributed by atoms with Gasteiger partial charge in [-0.15, -0.1) is 0 Å². The zero-order valence-electron chi connectivity index (χ0n) is 20.2. The Balaban J connectivity index is 1.17. The molecule has 4 rings (SSSR count). The molecule has 0 N–H and O–H groups in total. The molecule has 33 heavy (non-hydrogen) atoms. The van der Waals surface area contributed by atoms with Crippen LogP contribution in [0.4, 0.5) is 0 Å². The van der Waals surface area contributed by atoms with E-state index in [1.165, 1.54) is 11.1 Å². The van der Waals surface area contributed by atoms with Crippen molar-refractivity contribution in [3.63, 3.8) is 0 Å². The Morgan fingerprint density at radius 1 is 0.818 bits per heavy atom. The number of amides is 1. The van der Waals surface area contributed by atoms with E-state index in [0.29, 0.717) is 5.91 Å². The minimum absolute atomic E-state index is 0.0330. The van der Waals surface area contributed by atoms with Crippen LogP contribution in [0.15, 0.2) is 54.6 Å². The minimum atomic E-state index is -0.0330. The predicted octanol–water partition coefficient (Wildman–Crippen LogP) is 2.59. The average molecular weight is 451 g/mol. The summed E-state index contributed by atoms with van der Waals surface area (Å²) in [5, 5.41) is 0. The highest BCUT2D eigenvalue weighted by Gasteiger charge is 2.30. The van der Waals surface area contributed by atoms with Crippen molar-refractivity contribution >= 4 is 5.91 Å². The summed E-state index contributed by atoms with van der Waals surface area (Å²) in [6, 6.07) is 18.9. The molecule has 2 aliphatic heterocycles. The lowest BCUT2D eigenvalue weighted by Gasteiger charge is -2.41. The molecule has 178 valence electrons. The van der Waals surface area contributed by atoms with Crippen molar-refractivity contribution in [1.29, 1.82) is 0 Å². The molecule has 2 aromatic rings. The van der Waals surface area contributed by atoms with E-state index < -0.39 is 0 Å². The molecule has 1 unspecified atom stereocenters. The summed E-state index contributed by atoms with van der Waals surface area (Å²) in [7, 11) is 1.70. The van der Waals surface area contributed by atoms with Crippen LogP contribution in [0.25, 0.3) is 0 Å². The fraction of sp³-hybridized carbons (Fsp3) is 0.519. The molecular formula is C27H38N4O2. The molecule has 0 radical (unpaired) electrons. The molecule has 6 heteroatoms. The Morgan fingerprint density at radius 2 is 1.45 bits per heavy atom. The second kappa shape index (κ2) is 11.6. The van der Waals surface area contributed by atoms with Gasteiger partial charge in [0.15, 0.2) is 0 Å². The molecule has 0 aromatic heterocycles. The largest absolute Gasteiger partial charge is 0.497 e. The van der Waals surface area contributed by atoms with Crippen LogP contribution in [-0.2, 0) is 17.8 Å². The standard InChI is InChI=1S/C27H38N4O2/c1-23(27(32)31-20-16-29(17-21-31)22-25-6-4-3-5-7-25)30-18-14-28(15-19-30)13-12-24-8-10-26(33-2)11-9-24/h3-11,23H,12-22H2,1-2H3. The van der Waals surface area contributed by atoms with Crippen LogP contribution < -0.4 is 4.74 Å². The van der Waals surface area contributed by atoms with Gasteiger partial charge in [-0.2, -0.15) is 0 Å². The van der Waals surface area contributed by atoms with Gasteiger partial charge in [-0.1, -0.05) is 42.5 Å². The van der Waals surface area contributed by atoms with Crippen molar-refractivity contribution in [2.75, 3.05) is 66.0 Å². The third-order valence-corrected chi connectivity index (χ3v) is 7.12. The van der Waals surface area contributed by atoms with Crippen LogP contribution >= 0.6 is 0 Å². The lowest BCUT2D eigenvalue weighted by molar-refractivity contribution is -0.139. The first-order chi connectivity index (χ1) is 16.1. The van der Waals surface area contributed by atoms with Crippen LogP contribution in [0.5, 0.6) is 5.75 Å². The van der Waals surface area contributed by atoms with Gasteiger partial charge in [0.2, 0.25) is 5.91 Å². The van der Waals surface area contributed by atoms with E-state index >= 15 is 0 Å². The second-order valence-electron chi connectivity index (χ2n) is 9.24. The molecular weight excluding hydrogens is 412 g/mol. The minimum Gasteiger partial charge on any atom is -0.497 e. The van der Waals surface area contributed by atoms with Crippen LogP contribution in [0.1, 0.15) is 18.1 Å². The van der Waals surface area contributed by atoms with Crippen LogP contribution in [0.3, 0.4) is 0 Å². The van der Waals surface area contributed by atoms with Crippen molar-refractivity contribution in [3.8, 4) is 5.75 Å². The molecule has 2 fully saturated rings. The lowest BCUT2D eigenvalue weighted by atomic mass is 10.1. The van der Waals surface area contributed by atoms with Crippen molar-refractivity contribution in [3.05, 3.63) is 65.7 Å². The van der Waals surface area contributed by atoms with Crippen molar-refractivity contribution < 1.29 is 9.53 Å². The summed E-state index contributed by atoms with van der Waals surface area (Å²) >= 11 is 0. The number of carbonyl (C=O) groups is 1. The van der Waals surface area contributed by atoms with Crippen molar-refractivity contribution in [2.45, 2.75) is 25.9 Å². The quantitative estimate of drug-likeness (QED) is 0.618. The smallest absolute Gasteiger partial charge is 0.239 e. The van der Waals surface area contributed by atoms with Gasteiger partial charge in [0.25, 0.3) is 0 Å². The summed E-state index contributed by atoms with van der Waals surface area (Å²) in [4.78, 5) is 22.5. The van der Waals surface area contributed by atoms with E-state index in [0.717, 1.165) is 77.6 Å². The van der Waals surface area contributed by atoms with E-state index in [1.54, 1.807) is 7.11 Å². The maximum absolute atomic E-state index is 13.1. The maximum atomic E-state index is 13.1. The highest BCUT2D eigenvalue weighted by Crippen LogP contribution is 2.15. The fourth-order valence-electron chi connectivity index (χ4n) is 4.84. The first-order valence-corrected chi connectivity index (χ1v) is 12.3. The molecule has 0 saturated carbocycles. The van der Waals surface area contributed by atoms with E-state index in [-0.39, 0.29) is 6.04 Å². The molecule has 1 amide bonds. The number of ether oxygens (including phenoxy) is 1. The third-order valence-electron chi connectivity index (χ3n) is 7.12. The Hall–Kier alpha value is -2.41. The van der Waals surface area contributed by atoms with Gasteiger partial charge in [-0.05, 0) is 36.6 Å². The zero-order chi connectivity index (χ0) is 23.0. The molecule has 0 spiro atoms. The van der Waals surface area contributed by atoms with Crippen molar-refractivity contribution in [2.24, 2.45) is 0 Å². The van der Waals surface area contributed by atoms with Gasteiger partial charge in [0.05, 0.1) is 13.2 Å². The van der Waals surface area contributed by atoms with E-state index in [4.69, 9.17) is 4.74 Å². The van der Waals surface area contributed by atoms with E-state index in [9.17, 15) is 4.79 Å². The molecule has 2 aromatic carbocycles. The SMILES string of the molecule is COc1ccc(CCN2CCN(C(C)C(=O)N3CCN(Cc4ccccc4)CC3)CC2)cc1. The van der Waals surface area contributed by atoms with E-state index in [2.05, 4.69) is 69.0 Å². The first-order valence-electron chi connectivity index (χ1n) is 12.3. The van der Waals surface area contributed by atoms with Crippen LogP contribution in [-0.4, -0.2) is 97.6 Å². The summed E-state index contributed by atoms with van der Waals surface area (Å²) in [6.45, 7) is 11.7. The highest BCUT2D eigenvalue weighted by atomic mass is 16.5. The first kappa shape index (κ1) is 23.7. The molecule has 2 saturated heterocycles. The average Bonchev–Trinajstić information content (AvgIpc) is 2.88. The van der Waals surface area contributed by atoms with Crippen LogP contribution in [0, 0.1) is 0 Å². The molecule has 2 aliphatic rings. The van der Waals surface area contributed by atoms with Gasteiger partial charge in [0.1, 0.15) is 5.75 Å². The Labute approximate surface area is 198 Å². The number of hydrogen-bond donors (Lipinski definition) is 0. The molecule has 0 bridgehead atoms. The Morgan fingerprint density at radius 3 is 2.09 bits per heavy atom. The fourth-order valence-corrected chi connectivity index (χ4v) is 4.84. The number of hydrogen-bond acceptors (Lipinski definition) is 5. The molecule has 2 heterocycles. The molecule has 1 atom stereocenters.